The van der Waals surface area contributed by atoms with Gasteiger partial charge in [-0.1, -0.05) is 32.9 Å². The number of urea groups is 1. The summed E-state index contributed by atoms with van der Waals surface area (Å²) in [5.74, 6) is -2.27. The van der Waals surface area contributed by atoms with E-state index in [4.69, 9.17) is 4.98 Å². The highest BCUT2D eigenvalue weighted by atomic mass is 19.1. The van der Waals surface area contributed by atoms with Crippen molar-refractivity contribution < 1.29 is 28.3 Å². The van der Waals surface area contributed by atoms with Gasteiger partial charge >= 0.3 is 12.1 Å². The molecule has 0 bridgehead atoms. The van der Waals surface area contributed by atoms with Crippen LogP contribution < -0.4 is 20.9 Å². The smallest absolute Gasteiger partial charge is 0.407 e. The largest absolute Gasteiger partial charge is 0.465 e. The number of halogens is 2. The summed E-state index contributed by atoms with van der Waals surface area (Å²) in [5.41, 5.74) is 1.50. The van der Waals surface area contributed by atoms with Crippen LogP contribution in [-0.2, 0) is 6.54 Å². The van der Waals surface area contributed by atoms with Gasteiger partial charge in [0.05, 0.1) is 12.2 Å². The van der Waals surface area contributed by atoms with Crippen LogP contribution in [0.1, 0.15) is 56.1 Å². The summed E-state index contributed by atoms with van der Waals surface area (Å²) < 4.78 is 30.0. The minimum absolute atomic E-state index is 0.00716. The molecule has 1 aliphatic rings. The number of nitrogens with one attached hydrogen (secondary N) is 3. The first-order chi connectivity index (χ1) is 20.7. The topological polar surface area (TPSA) is 140 Å². The molecule has 3 aromatic rings. The fraction of sp³-hybridized carbons (Fsp3) is 0.387. The van der Waals surface area contributed by atoms with Crippen LogP contribution in [0.25, 0.3) is 11.3 Å². The summed E-state index contributed by atoms with van der Waals surface area (Å²) >= 11 is 0. The third-order valence-electron chi connectivity index (χ3n) is 6.75. The molecule has 4 N–H and O–H groups in total. The van der Waals surface area contributed by atoms with Gasteiger partial charge in [0.2, 0.25) is 5.95 Å². The number of carboxylic acid groups (broad SMARTS) is 1. The molecular weight excluding hydrogens is 572 g/mol. The Morgan fingerprint density at radius 3 is 2.43 bits per heavy atom. The molecule has 0 saturated carbocycles. The number of para-hydroxylation sites is 1. The number of anilines is 3. The first-order valence-corrected chi connectivity index (χ1v) is 14.2. The Balaban J connectivity index is 1.84. The lowest BCUT2D eigenvalue weighted by molar-refractivity contribution is 0.0943. The van der Waals surface area contributed by atoms with Gasteiger partial charge < -0.3 is 26.0 Å². The van der Waals surface area contributed by atoms with Crippen molar-refractivity contribution in [2.24, 2.45) is 5.41 Å². The van der Waals surface area contributed by atoms with E-state index >= 15 is 8.78 Å². The van der Waals surface area contributed by atoms with Gasteiger partial charge in [-0.25, -0.2) is 28.3 Å². The molecular formula is C31H37F2N7O4. The summed E-state index contributed by atoms with van der Waals surface area (Å²) in [7, 11) is 0. The summed E-state index contributed by atoms with van der Waals surface area (Å²) in [6.45, 7) is 11.7. The molecule has 0 unspecified atom stereocenters. The maximum absolute atomic E-state index is 15.0. The normalized spacial score (nSPS) is 12.9. The number of nitrogens with zero attached hydrogens (tertiary/aromatic N) is 4. The quantitative estimate of drug-likeness (QED) is 0.245. The van der Waals surface area contributed by atoms with E-state index in [0.29, 0.717) is 22.4 Å². The number of hydrogen-bond donors (Lipinski definition) is 4. The minimum Gasteiger partial charge on any atom is -0.465 e. The maximum Gasteiger partial charge on any atom is 0.407 e. The van der Waals surface area contributed by atoms with Crippen LogP contribution in [0.15, 0.2) is 36.4 Å². The highest BCUT2D eigenvalue weighted by Gasteiger charge is 2.34. The summed E-state index contributed by atoms with van der Waals surface area (Å²) in [6, 6.07) is 7.49. The van der Waals surface area contributed by atoms with Crippen molar-refractivity contribution in [2.45, 2.75) is 54.1 Å². The molecule has 44 heavy (non-hydrogen) atoms. The van der Waals surface area contributed by atoms with E-state index in [2.05, 4.69) is 20.9 Å². The number of aryl methyl sites for hydroxylation is 1. The summed E-state index contributed by atoms with van der Waals surface area (Å²) in [6.07, 6.45) is -1.08. The fourth-order valence-electron chi connectivity index (χ4n) is 4.85. The fourth-order valence-corrected chi connectivity index (χ4v) is 4.85. The third-order valence-corrected chi connectivity index (χ3v) is 6.75. The standard InChI is InChI=1S/C31H37F2N7O4/c1-17(2)36-27(41)19-11-10-18(3)20(14-19)24-21-15-35-29(42)40(25-22(32)8-7-9-23(25)33)26(21)38-28(37-24)34-12-13-39(30(43)44)16-31(4,5)6/h7-11,14,17H,12-13,15-16H2,1-6H3,(H,35,42)(H,36,41)(H,43,44)(H,34,37,38). The number of rotatable bonds is 9. The number of hydrogen-bond acceptors (Lipinski definition) is 6. The molecule has 0 atom stereocenters. The van der Waals surface area contributed by atoms with Crippen molar-refractivity contribution in [2.75, 3.05) is 29.9 Å². The van der Waals surface area contributed by atoms with Crippen LogP contribution in [0.3, 0.4) is 0 Å². The zero-order chi connectivity index (χ0) is 32.3. The zero-order valence-electron chi connectivity index (χ0n) is 25.6. The predicted octanol–water partition coefficient (Wildman–Crippen LogP) is 5.67. The molecule has 2 heterocycles. The summed E-state index contributed by atoms with van der Waals surface area (Å²) in [4.78, 5) is 49.1. The summed E-state index contributed by atoms with van der Waals surface area (Å²) in [5, 5.41) is 18.2. The average Bonchev–Trinajstić information content (AvgIpc) is 2.92. The Hall–Kier alpha value is -4.81. The van der Waals surface area contributed by atoms with Gasteiger partial charge in [-0.15, -0.1) is 0 Å². The van der Waals surface area contributed by atoms with Gasteiger partial charge in [-0.05, 0) is 56.0 Å². The first kappa shape index (κ1) is 32.1. The molecule has 4 amide bonds. The molecule has 0 fully saturated rings. The molecule has 0 spiro atoms. The van der Waals surface area contributed by atoms with Crippen molar-refractivity contribution in [3.05, 3.63) is 64.7 Å². The molecule has 13 heteroatoms. The molecule has 0 radical (unpaired) electrons. The minimum atomic E-state index is -1.08. The molecule has 0 saturated heterocycles. The number of benzene rings is 2. The lowest BCUT2D eigenvalue weighted by atomic mass is 9.96. The Bertz CT molecular complexity index is 1570. The number of carbonyl (C=O) groups excluding carboxylic acids is 2. The van der Waals surface area contributed by atoms with Crippen LogP contribution in [-0.4, -0.2) is 63.7 Å². The van der Waals surface area contributed by atoms with Gasteiger partial charge in [-0.2, -0.15) is 4.98 Å². The zero-order valence-corrected chi connectivity index (χ0v) is 25.6. The van der Waals surface area contributed by atoms with Crippen molar-refractivity contribution >= 4 is 35.5 Å². The van der Waals surface area contributed by atoms with E-state index in [0.717, 1.165) is 22.6 Å². The van der Waals surface area contributed by atoms with Crippen molar-refractivity contribution in [1.29, 1.82) is 0 Å². The van der Waals surface area contributed by atoms with Gasteiger partial charge in [-0.3, -0.25) is 4.79 Å². The Morgan fingerprint density at radius 1 is 1.14 bits per heavy atom. The van der Waals surface area contributed by atoms with E-state index in [1.807, 2.05) is 41.5 Å². The predicted molar refractivity (Wildman–Crippen MR) is 163 cm³/mol. The van der Waals surface area contributed by atoms with E-state index in [9.17, 15) is 19.5 Å². The van der Waals surface area contributed by atoms with E-state index in [1.54, 1.807) is 18.2 Å². The number of aromatic nitrogens is 2. The van der Waals surface area contributed by atoms with E-state index in [1.165, 1.54) is 11.0 Å². The second-order valence-electron chi connectivity index (χ2n) is 12.1. The van der Waals surface area contributed by atoms with Crippen molar-refractivity contribution in [1.82, 2.24) is 25.5 Å². The second-order valence-corrected chi connectivity index (χ2v) is 12.1. The van der Waals surface area contributed by atoms with Crippen molar-refractivity contribution in [3.8, 4) is 11.3 Å². The van der Waals surface area contributed by atoms with E-state index in [-0.39, 0.29) is 55.3 Å². The lowest BCUT2D eigenvalue weighted by Crippen LogP contribution is -2.43. The highest BCUT2D eigenvalue weighted by molar-refractivity contribution is 6.02. The van der Waals surface area contributed by atoms with Crippen LogP contribution in [0.2, 0.25) is 0 Å². The number of carbonyl (C=O) groups is 3. The second kappa shape index (κ2) is 12.8. The van der Waals surface area contributed by atoms with Crippen LogP contribution in [0, 0.1) is 24.0 Å². The molecule has 11 nitrogen and oxygen atoms in total. The van der Waals surface area contributed by atoms with E-state index < -0.39 is 29.4 Å². The lowest BCUT2D eigenvalue weighted by Gasteiger charge is -2.31. The van der Waals surface area contributed by atoms with Crippen LogP contribution >= 0.6 is 0 Å². The molecule has 4 rings (SSSR count). The number of amides is 4. The monoisotopic (exact) mass is 609 g/mol. The first-order valence-electron chi connectivity index (χ1n) is 14.2. The molecule has 1 aliphatic heterocycles. The number of fused-ring (bicyclic) bond motifs is 1. The van der Waals surface area contributed by atoms with Gasteiger partial charge in [0.25, 0.3) is 5.91 Å². The highest BCUT2D eigenvalue weighted by Crippen LogP contribution is 2.39. The molecule has 0 aliphatic carbocycles. The van der Waals surface area contributed by atoms with Gasteiger partial charge in [0, 0.05) is 42.4 Å². The Kier molecular flexibility index (Phi) is 9.36. The van der Waals surface area contributed by atoms with Gasteiger partial charge in [0.15, 0.2) is 5.82 Å². The SMILES string of the molecule is Cc1ccc(C(=O)NC(C)C)cc1-c1nc(NCCN(CC(C)(C)C)C(=O)O)nc2c1CNC(=O)N2c1c(F)cccc1F. The van der Waals surface area contributed by atoms with Crippen molar-refractivity contribution in [3.63, 3.8) is 0 Å². The Morgan fingerprint density at radius 2 is 1.82 bits per heavy atom. The maximum atomic E-state index is 15.0. The molecule has 234 valence electrons. The van der Waals surface area contributed by atoms with Crippen LogP contribution in [0.4, 0.5) is 35.8 Å². The van der Waals surface area contributed by atoms with Crippen LogP contribution in [0.5, 0.6) is 0 Å². The third kappa shape index (κ3) is 7.21. The molecule has 1 aromatic heterocycles. The van der Waals surface area contributed by atoms with Gasteiger partial charge in [0.1, 0.15) is 17.3 Å². The molecule has 2 aromatic carbocycles. The Labute approximate surface area is 254 Å². The average molecular weight is 610 g/mol.